The van der Waals surface area contributed by atoms with Gasteiger partial charge < -0.3 is 5.32 Å². The molecule has 0 spiro atoms. The van der Waals surface area contributed by atoms with E-state index in [1.165, 1.54) is 5.75 Å². The highest BCUT2D eigenvalue weighted by Gasteiger charge is 2.04. The standard InChI is InChI=1S/C10H19NS/c1-5-10(6-2)11-7-9(3)8-12-4/h1,9-11H,6-8H2,2-4H3. The third kappa shape index (κ3) is 5.51. The van der Waals surface area contributed by atoms with E-state index in [2.05, 4.69) is 31.3 Å². The fourth-order valence-corrected chi connectivity index (χ4v) is 1.69. The van der Waals surface area contributed by atoms with Gasteiger partial charge in [-0.05, 0) is 30.9 Å². The highest BCUT2D eigenvalue weighted by molar-refractivity contribution is 7.98. The Morgan fingerprint density at radius 3 is 2.67 bits per heavy atom. The number of terminal acetylenes is 1. The Labute approximate surface area is 80.7 Å². The van der Waals surface area contributed by atoms with Crippen molar-refractivity contribution in [1.82, 2.24) is 5.32 Å². The molecule has 0 radical (unpaired) electrons. The molecule has 0 saturated carbocycles. The van der Waals surface area contributed by atoms with Crippen LogP contribution in [0.25, 0.3) is 0 Å². The van der Waals surface area contributed by atoms with Gasteiger partial charge in [-0.1, -0.05) is 19.8 Å². The molecule has 0 aliphatic heterocycles. The molecule has 1 N–H and O–H groups in total. The number of hydrogen-bond donors (Lipinski definition) is 1. The Morgan fingerprint density at radius 1 is 1.58 bits per heavy atom. The Balaban J connectivity index is 3.46. The smallest absolute Gasteiger partial charge is 0.0684 e. The van der Waals surface area contributed by atoms with Crippen LogP contribution in [-0.4, -0.2) is 24.6 Å². The molecule has 0 aromatic carbocycles. The summed E-state index contributed by atoms with van der Waals surface area (Å²) in [6.07, 6.45) is 8.48. The highest BCUT2D eigenvalue weighted by Crippen LogP contribution is 2.03. The van der Waals surface area contributed by atoms with Crippen LogP contribution >= 0.6 is 11.8 Å². The molecule has 0 saturated heterocycles. The van der Waals surface area contributed by atoms with Crippen LogP contribution in [0.1, 0.15) is 20.3 Å². The topological polar surface area (TPSA) is 12.0 Å². The first-order chi connectivity index (χ1) is 5.74. The maximum atomic E-state index is 5.33. The zero-order valence-corrected chi connectivity index (χ0v) is 9.08. The lowest BCUT2D eigenvalue weighted by molar-refractivity contribution is 0.515. The molecule has 0 fully saturated rings. The van der Waals surface area contributed by atoms with E-state index in [0.29, 0.717) is 5.92 Å². The van der Waals surface area contributed by atoms with E-state index in [0.717, 1.165) is 13.0 Å². The van der Waals surface area contributed by atoms with Crippen molar-refractivity contribution in [1.29, 1.82) is 0 Å². The van der Waals surface area contributed by atoms with Crippen LogP contribution in [0, 0.1) is 18.3 Å². The third-order valence-electron chi connectivity index (χ3n) is 1.77. The minimum absolute atomic E-state index is 0.259. The van der Waals surface area contributed by atoms with Crippen LogP contribution in [0.3, 0.4) is 0 Å². The van der Waals surface area contributed by atoms with Crippen LogP contribution in [0.15, 0.2) is 0 Å². The lowest BCUT2D eigenvalue weighted by atomic mass is 10.2. The van der Waals surface area contributed by atoms with Gasteiger partial charge in [0.1, 0.15) is 0 Å². The molecule has 2 unspecified atom stereocenters. The van der Waals surface area contributed by atoms with E-state index in [-0.39, 0.29) is 6.04 Å². The Hall–Kier alpha value is -0.130. The summed E-state index contributed by atoms with van der Waals surface area (Å²) in [6, 6.07) is 0.259. The largest absolute Gasteiger partial charge is 0.303 e. The summed E-state index contributed by atoms with van der Waals surface area (Å²) < 4.78 is 0. The van der Waals surface area contributed by atoms with Gasteiger partial charge in [-0.15, -0.1) is 6.42 Å². The summed E-state index contributed by atoms with van der Waals surface area (Å²) in [5, 5.41) is 3.35. The van der Waals surface area contributed by atoms with Gasteiger partial charge in [-0.25, -0.2) is 0 Å². The molecule has 0 amide bonds. The van der Waals surface area contributed by atoms with Crippen LogP contribution in [0.2, 0.25) is 0 Å². The van der Waals surface area contributed by atoms with Crippen LogP contribution < -0.4 is 5.32 Å². The molecular weight excluding hydrogens is 166 g/mol. The second kappa shape index (κ2) is 7.52. The summed E-state index contributed by atoms with van der Waals surface area (Å²) in [5.74, 6) is 4.64. The monoisotopic (exact) mass is 185 g/mol. The van der Waals surface area contributed by atoms with Crippen LogP contribution in [0.4, 0.5) is 0 Å². The molecule has 2 atom stereocenters. The van der Waals surface area contributed by atoms with E-state index in [1.807, 2.05) is 11.8 Å². The molecule has 70 valence electrons. The van der Waals surface area contributed by atoms with E-state index >= 15 is 0 Å². The van der Waals surface area contributed by atoms with Gasteiger partial charge in [-0.2, -0.15) is 11.8 Å². The number of hydrogen-bond acceptors (Lipinski definition) is 2. The van der Waals surface area contributed by atoms with Crippen molar-refractivity contribution in [3.8, 4) is 12.3 Å². The zero-order chi connectivity index (χ0) is 9.40. The molecule has 0 bridgehead atoms. The fraction of sp³-hybridized carbons (Fsp3) is 0.800. The van der Waals surface area contributed by atoms with Gasteiger partial charge >= 0.3 is 0 Å². The van der Waals surface area contributed by atoms with Crippen LogP contribution in [-0.2, 0) is 0 Å². The predicted octanol–water partition coefficient (Wildman–Crippen LogP) is 1.99. The van der Waals surface area contributed by atoms with Gasteiger partial charge in [0, 0.05) is 0 Å². The van der Waals surface area contributed by atoms with Crippen molar-refractivity contribution >= 4 is 11.8 Å². The Kier molecular flexibility index (Phi) is 7.43. The Bertz CT molecular complexity index is 139. The molecule has 0 heterocycles. The molecule has 1 nitrogen and oxygen atoms in total. The molecule has 0 aromatic heterocycles. The molecule has 12 heavy (non-hydrogen) atoms. The average molecular weight is 185 g/mol. The van der Waals surface area contributed by atoms with Crippen molar-refractivity contribution in [2.24, 2.45) is 5.92 Å². The average Bonchev–Trinajstić information content (AvgIpc) is 2.07. The number of rotatable bonds is 6. The SMILES string of the molecule is C#CC(CC)NCC(C)CSC. The second-order valence-corrected chi connectivity index (χ2v) is 4.01. The van der Waals surface area contributed by atoms with Crippen molar-refractivity contribution in [3.63, 3.8) is 0 Å². The first kappa shape index (κ1) is 11.9. The molecule has 0 rings (SSSR count). The summed E-state index contributed by atoms with van der Waals surface area (Å²) in [6.45, 7) is 5.38. The quantitative estimate of drug-likeness (QED) is 0.635. The number of thioether (sulfide) groups is 1. The molecular formula is C10H19NS. The summed E-state index contributed by atoms with van der Waals surface area (Å²) >= 11 is 1.88. The summed E-state index contributed by atoms with van der Waals surface area (Å²) in [5.41, 5.74) is 0. The summed E-state index contributed by atoms with van der Waals surface area (Å²) in [4.78, 5) is 0. The second-order valence-electron chi connectivity index (χ2n) is 3.10. The van der Waals surface area contributed by atoms with Crippen molar-refractivity contribution in [2.45, 2.75) is 26.3 Å². The molecule has 0 aromatic rings. The van der Waals surface area contributed by atoms with Crippen LogP contribution in [0.5, 0.6) is 0 Å². The first-order valence-electron chi connectivity index (χ1n) is 4.43. The zero-order valence-electron chi connectivity index (χ0n) is 8.26. The summed E-state index contributed by atoms with van der Waals surface area (Å²) in [7, 11) is 0. The lowest BCUT2D eigenvalue weighted by Crippen LogP contribution is -2.31. The van der Waals surface area contributed by atoms with Gasteiger partial charge in [0.25, 0.3) is 0 Å². The predicted molar refractivity (Wildman–Crippen MR) is 58.5 cm³/mol. The first-order valence-corrected chi connectivity index (χ1v) is 5.82. The maximum Gasteiger partial charge on any atom is 0.0684 e. The van der Waals surface area contributed by atoms with Crippen molar-refractivity contribution in [3.05, 3.63) is 0 Å². The number of nitrogens with one attached hydrogen (secondary N) is 1. The van der Waals surface area contributed by atoms with Crippen molar-refractivity contribution < 1.29 is 0 Å². The third-order valence-corrected chi connectivity index (χ3v) is 2.68. The van der Waals surface area contributed by atoms with Gasteiger partial charge in [0.05, 0.1) is 6.04 Å². The fourth-order valence-electron chi connectivity index (χ4n) is 1.01. The van der Waals surface area contributed by atoms with E-state index in [4.69, 9.17) is 6.42 Å². The molecule has 0 aliphatic carbocycles. The molecule has 0 aliphatic rings. The normalized spacial score (nSPS) is 15.2. The van der Waals surface area contributed by atoms with Gasteiger partial charge in [0.15, 0.2) is 0 Å². The molecule has 2 heteroatoms. The van der Waals surface area contributed by atoms with E-state index in [1.54, 1.807) is 0 Å². The highest BCUT2D eigenvalue weighted by atomic mass is 32.2. The minimum Gasteiger partial charge on any atom is -0.303 e. The maximum absolute atomic E-state index is 5.33. The van der Waals surface area contributed by atoms with Gasteiger partial charge in [-0.3, -0.25) is 0 Å². The Morgan fingerprint density at radius 2 is 2.25 bits per heavy atom. The van der Waals surface area contributed by atoms with Gasteiger partial charge in [0.2, 0.25) is 0 Å². The van der Waals surface area contributed by atoms with Crippen molar-refractivity contribution in [2.75, 3.05) is 18.6 Å². The van der Waals surface area contributed by atoms with E-state index in [9.17, 15) is 0 Å². The lowest BCUT2D eigenvalue weighted by Gasteiger charge is -2.14. The minimum atomic E-state index is 0.259. The van der Waals surface area contributed by atoms with E-state index < -0.39 is 0 Å².